The Labute approximate surface area is 126 Å². The average Bonchev–Trinajstić information content (AvgIpc) is 2.37. The maximum atomic E-state index is 13.7. The van der Waals surface area contributed by atoms with Gasteiger partial charge in [0.05, 0.1) is 5.60 Å². The molecule has 4 nitrogen and oxygen atoms in total. The first-order valence-corrected chi connectivity index (χ1v) is 8.77. The van der Waals surface area contributed by atoms with E-state index in [0.29, 0.717) is 17.3 Å². The molecule has 2 N–H and O–H groups in total. The molecule has 7 heteroatoms. The molecule has 0 radical (unpaired) electrons. The van der Waals surface area contributed by atoms with Crippen molar-refractivity contribution in [2.24, 2.45) is 0 Å². The Morgan fingerprint density at radius 2 is 1.95 bits per heavy atom. The van der Waals surface area contributed by atoms with E-state index in [1.807, 2.05) is 0 Å². The predicted molar refractivity (Wildman–Crippen MR) is 77.3 cm³/mol. The molecule has 0 heterocycles. The first-order chi connectivity index (χ1) is 9.32. The Balaban J connectivity index is 2.11. The van der Waals surface area contributed by atoms with Gasteiger partial charge in [0.15, 0.2) is 0 Å². The molecule has 0 bridgehead atoms. The second kappa shape index (κ2) is 6.09. The van der Waals surface area contributed by atoms with Gasteiger partial charge >= 0.3 is 0 Å². The predicted octanol–water partition coefficient (Wildman–Crippen LogP) is 2.56. The van der Waals surface area contributed by atoms with Crippen LogP contribution in [0.15, 0.2) is 27.6 Å². The number of halogens is 2. The molecule has 112 valence electrons. The van der Waals surface area contributed by atoms with Gasteiger partial charge in [0.2, 0.25) is 10.0 Å². The van der Waals surface area contributed by atoms with Crippen molar-refractivity contribution >= 4 is 26.0 Å². The highest BCUT2D eigenvalue weighted by atomic mass is 79.9. The number of nitrogens with one attached hydrogen (secondary N) is 1. The highest BCUT2D eigenvalue weighted by Gasteiger charge is 2.31. The zero-order valence-corrected chi connectivity index (χ0v) is 13.3. The van der Waals surface area contributed by atoms with Crippen LogP contribution in [-0.4, -0.2) is 25.7 Å². The van der Waals surface area contributed by atoms with Crippen LogP contribution >= 0.6 is 15.9 Å². The molecule has 0 atom stereocenters. The van der Waals surface area contributed by atoms with E-state index in [1.165, 1.54) is 12.1 Å². The molecular formula is C13H17BrFNO3S. The molecule has 1 aliphatic rings. The molecule has 1 aromatic rings. The van der Waals surface area contributed by atoms with E-state index in [2.05, 4.69) is 20.7 Å². The van der Waals surface area contributed by atoms with Gasteiger partial charge < -0.3 is 5.11 Å². The van der Waals surface area contributed by atoms with E-state index >= 15 is 0 Å². The monoisotopic (exact) mass is 365 g/mol. The molecule has 1 fully saturated rings. The molecule has 0 saturated heterocycles. The lowest BCUT2D eigenvalue weighted by molar-refractivity contribution is 0.00944. The van der Waals surface area contributed by atoms with Crippen LogP contribution in [0.1, 0.15) is 32.1 Å². The van der Waals surface area contributed by atoms with Crippen molar-refractivity contribution in [2.75, 3.05) is 6.54 Å². The molecule has 0 aliphatic heterocycles. The zero-order valence-electron chi connectivity index (χ0n) is 10.9. The minimum absolute atomic E-state index is 0.0785. The lowest BCUT2D eigenvalue weighted by atomic mass is 9.85. The molecule has 20 heavy (non-hydrogen) atoms. The Morgan fingerprint density at radius 1 is 1.30 bits per heavy atom. The van der Waals surface area contributed by atoms with Crippen LogP contribution < -0.4 is 4.72 Å². The van der Waals surface area contributed by atoms with Crippen molar-refractivity contribution in [3.8, 4) is 0 Å². The van der Waals surface area contributed by atoms with Crippen LogP contribution in [0.3, 0.4) is 0 Å². The molecule has 0 aromatic heterocycles. The van der Waals surface area contributed by atoms with Gasteiger partial charge in [-0.1, -0.05) is 35.2 Å². The van der Waals surface area contributed by atoms with E-state index < -0.39 is 26.3 Å². The van der Waals surface area contributed by atoms with Crippen LogP contribution in [0, 0.1) is 5.82 Å². The standard InChI is InChI=1S/C13H17BrFNO3S/c14-10-4-5-12(11(15)8-10)20(18,19)16-9-13(17)6-2-1-3-7-13/h4-5,8,16-17H,1-3,6-7,9H2. The van der Waals surface area contributed by atoms with Gasteiger partial charge in [-0.3, -0.25) is 0 Å². The molecule has 1 saturated carbocycles. The van der Waals surface area contributed by atoms with E-state index in [4.69, 9.17) is 0 Å². The highest BCUT2D eigenvalue weighted by molar-refractivity contribution is 9.10. The summed E-state index contributed by atoms with van der Waals surface area (Å²) in [6.45, 7) is -0.0785. The zero-order chi connectivity index (χ0) is 14.8. The second-order valence-corrected chi connectivity index (χ2v) is 7.84. The summed E-state index contributed by atoms with van der Waals surface area (Å²) in [4.78, 5) is -0.403. The maximum Gasteiger partial charge on any atom is 0.243 e. The lowest BCUT2D eigenvalue weighted by Gasteiger charge is -2.32. The van der Waals surface area contributed by atoms with Gasteiger partial charge in [-0.15, -0.1) is 0 Å². The fourth-order valence-electron chi connectivity index (χ4n) is 2.39. The van der Waals surface area contributed by atoms with Gasteiger partial charge in [-0.05, 0) is 31.0 Å². The number of sulfonamides is 1. The molecule has 0 unspecified atom stereocenters. The van der Waals surface area contributed by atoms with Crippen LogP contribution in [-0.2, 0) is 10.0 Å². The smallest absolute Gasteiger partial charge is 0.243 e. The van der Waals surface area contributed by atoms with Gasteiger partial charge in [-0.25, -0.2) is 17.5 Å². The summed E-state index contributed by atoms with van der Waals surface area (Å²) in [6.07, 6.45) is 3.95. The Hall–Kier alpha value is -0.500. The van der Waals surface area contributed by atoms with Gasteiger partial charge in [-0.2, -0.15) is 0 Å². The van der Waals surface area contributed by atoms with E-state index in [0.717, 1.165) is 25.3 Å². The van der Waals surface area contributed by atoms with Crippen molar-refractivity contribution in [3.63, 3.8) is 0 Å². The Kier molecular flexibility index (Phi) is 4.84. The van der Waals surface area contributed by atoms with E-state index in [-0.39, 0.29) is 6.54 Å². The van der Waals surface area contributed by atoms with Crippen molar-refractivity contribution < 1.29 is 17.9 Å². The van der Waals surface area contributed by atoms with Crippen molar-refractivity contribution in [1.82, 2.24) is 4.72 Å². The average molecular weight is 366 g/mol. The normalized spacial score (nSPS) is 18.9. The highest BCUT2D eigenvalue weighted by Crippen LogP contribution is 2.28. The number of aliphatic hydroxyl groups is 1. The van der Waals surface area contributed by atoms with Crippen molar-refractivity contribution in [3.05, 3.63) is 28.5 Å². The fourth-order valence-corrected chi connectivity index (χ4v) is 3.90. The van der Waals surface area contributed by atoms with Crippen molar-refractivity contribution in [1.29, 1.82) is 0 Å². The minimum atomic E-state index is -3.95. The molecule has 1 aliphatic carbocycles. The number of hydrogen-bond acceptors (Lipinski definition) is 3. The summed E-state index contributed by atoms with van der Waals surface area (Å²) in [7, 11) is -3.95. The number of rotatable bonds is 4. The maximum absolute atomic E-state index is 13.7. The van der Waals surface area contributed by atoms with E-state index in [9.17, 15) is 17.9 Å². The summed E-state index contributed by atoms with van der Waals surface area (Å²) in [5.41, 5.74) is -1.02. The van der Waals surface area contributed by atoms with Crippen LogP contribution in [0.25, 0.3) is 0 Å². The van der Waals surface area contributed by atoms with Gasteiger partial charge in [0.1, 0.15) is 10.7 Å². The van der Waals surface area contributed by atoms with Gasteiger partial charge in [0.25, 0.3) is 0 Å². The molecule has 0 amide bonds. The molecule has 1 aromatic carbocycles. The van der Waals surface area contributed by atoms with Crippen LogP contribution in [0.4, 0.5) is 4.39 Å². The van der Waals surface area contributed by atoms with Crippen molar-refractivity contribution in [2.45, 2.75) is 42.6 Å². The summed E-state index contributed by atoms with van der Waals surface area (Å²) in [5, 5.41) is 10.3. The Bertz CT molecular complexity index is 585. The summed E-state index contributed by atoms with van der Waals surface area (Å²) in [6, 6.07) is 3.77. The molecular weight excluding hydrogens is 349 g/mol. The van der Waals surface area contributed by atoms with Gasteiger partial charge in [0, 0.05) is 11.0 Å². The SMILES string of the molecule is O=S(=O)(NCC1(O)CCCCC1)c1ccc(Br)cc1F. The number of benzene rings is 1. The quantitative estimate of drug-likeness (QED) is 0.861. The minimum Gasteiger partial charge on any atom is -0.389 e. The fraction of sp³-hybridized carbons (Fsp3) is 0.538. The molecule has 0 spiro atoms. The Morgan fingerprint density at radius 3 is 2.55 bits per heavy atom. The summed E-state index contributed by atoms with van der Waals surface area (Å²) < 4.78 is 40.6. The molecule has 2 rings (SSSR count). The second-order valence-electron chi connectivity index (χ2n) is 5.18. The summed E-state index contributed by atoms with van der Waals surface area (Å²) in [5.74, 6) is -0.817. The topological polar surface area (TPSA) is 66.4 Å². The number of hydrogen-bond donors (Lipinski definition) is 2. The van der Waals surface area contributed by atoms with Crippen LogP contribution in [0.2, 0.25) is 0 Å². The van der Waals surface area contributed by atoms with E-state index in [1.54, 1.807) is 0 Å². The largest absolute Gasteiger partial charge is 0.389 e. The lowest BCUT2D eigenvalue weighted by Crippen LogP contribution is -2.44. The first kappa shape index (κ1) is 15.9. The summed E-state index contributed by atoms with van der Waals surface area (Å²) >= 11 is 3.08. The third-order valence-corrected chi connectivity index (χ3v) is 5.49. The van der Waals surface area contributed by atoms with Crippen LogP contribution in [0.5, 0.6) is 0 Å². The third-order valence-electron chi connectivity index (χ3n) is 3.56. The first-order valence-electron chi connectivity index (χ1n) is 6.50. The third kappa shape index (κ3) is 3.78.